The van der Waals surface area contributed by atoms with Gasteiger partial charge in [-0.25, -0.2) is 4.79 Å². The first-order valence-electron chi connectivity index (χ1n) is 5.34. The van der Waals surface area contributed by atoms with Crippen LogP contribution in [-0.2, 0) is 11.3 Å². The second-order valence-corrected chi connectivity index (χ2v) is 3.56. The van der Waals surface area contributed by atoms with Crippen LogP contribution in [0.1, 0.15) is 17.5 Å². The van der Waals surface area contributed by atoms with Gasteiger partial charge in [-0.1, -0.05) is 12.1 Å². The first-order valence-corrected chi connectivity index (χ1v) is 5.34. The Morgan fingerprint density at radius 2 is 1.89 bits per heavy atom. The predicted molar refractivity (Wildman–Crippen MR) is 63.6 cm³/mol. The Bertz CT molecular complexity index is 462. The maximum atomic E-state index is 11.3. The number of nitrogens with zero attached hydrogens (tertiary/aromatic N) is 1. The molecule has 0 bridgehead atoms. The summed E-state index contributed by atoms with van der Waals surface area (Å²) in [7, 11) is 0. The van der Waals surface area contributed by atoms with E-state index in [2.05, 4.69) is 10.6 Å². The second-order valence-electron chi connectivity index (χ2n) is 3.56. The van der Waals surface area contributed by atoms with Crippen molar-refractivity contribution >= 4 is 12.0 Å². The first kappa shape index (κ1) is 13.5. The van der Waals surface area contributed by atoms with E-state index < -0.39 is 12.0 Å². The number of carbonyl (C=O) groups is 2. The number of aliphatic carboxylic acids is 1. The number of nitrogens with one attached hydrogen (secondary N) is 2. The van der Waals surface area contributed by atoms with Crippen molar-refractivity contribution < 1.29 is 14.7 Å². The molecule has 0 aromatic heterocycles. The Kier molecular flexibility index (Phi) is 5.19. The van der Waals surface area contributed by atoms with E-state index in [0.717, 1.165) is 5.56 Å². The van der Waals surface area contributed by atoms with Crippen LogP contribution in [0.25, 0.3) is 0 Å². The Morgan fingerprint density at radius 1 is 1.22 bits per heavy atom. The molecular formula is C12H13N3O3. The van der Waals surface area contributed by atoms with Crippen LogP contribution in [0.3, 0.4) is 0 Å². The summed E-state index contributed by atoms with van der Waals surface area (Å²) in [6.45, 7) is 0.416. The fourth-order valence-electron chi connectivity index (χ4n) is 1.22. The molecule has 1 aromatic rings. The fourth-order valence-corrected chi connectivity index (χ4v) is 1.22. The molecular weight excluding hydrogens is 234 g/mol. The average Bonchev–Trinajstić information content (AvgIpc) is 2.36. The van der Waals surface area contributed by atoms with Crippen LogP contribution in [0.2, 0.25) is 0 Å². The van der Waals surface area contributed by atoms with Crippen LogP contribution in [0.4, 0.5) is 4.79 Å². The number of benzene rings is 1. The summed E-state index contributed by atoms with van der Waals surface area (Å²) in [5, 5.41) is 22.0. The quantitative estimate of drug-likeness (QED) is 0.717. The van der Waals surface area contributed by atoms with Gasteiger partial charge in [-0.3, -0.25) is 4.79 Å². The van der Waals surface area contributed by atoms with Crippen LogP contribution in [0, 0.1) is 11.3 Å². The highest BCUT2D eigenvalue weighted by Gasteiger charge is 2.02. The molecule has 1 rings (SSSR count). The van der Waals surface area contributed by atoms with Crippen molar-refractivity contribution in [2.75, 3.05) is 6.54 Å². The van der Waals surface area contributed by atoms with E-state index in [1.807, 2.05) is 6.07 Å². The van der Waals surface area contributed by atoms with Gasteiger partial charge in [0, 0.05) is 13.1 Å². The molecule has 0 aliphatic carbocycles. The van der Waals surface area contributed by atoms with E-state index in [4.69, 9.17) is 10.4 Å². The van der Waals surface area contributed by atoms with Gasteiger partial charge in [-0.15, -0.1) is 0 Å². The smallest absolute Gasteiger partial charge is 0.315 e. The minimum atomic E-state index is -0.956. The SMILES string of the molecule is N#Cc1ccc(CNC(=O)NCCC(=O)O)cc1. The number of carboxylic acid groups (broad SMARTS) is 1. The molecule has 0 aliphatic rings. The molecule has 6 heteroatoms. The monoisotopic (exact) mass is 247 g/mol. The molecule has 94 valence electrons. The van der Waals surface area contributed by atoms with Crippen LogP contribution < -0.4 is 10.6 Å². The van der Waals surface area contributed by atoms with Crippen LogP contribution >= 0.6 is 0 Å². The highest BCUT2D eigenvalue weighted by Crippen LogP contribution is 2.02. The maximum absolute atomic E-state index is 11.3. The molecule has 0 unspecified atom stereocenters. The third-order valence-corrected chi connectivity index (χ3v) is 2.16. The number of nitriles is 1. The van der Waals surface area contributed by atoms with E-state index in [0.29, 0.717) is 12.1 Å². The summed E-state index contributed by atoms with van der Waals surface area (Å²) in [6, 6.07) is 8.41. The van der Waals surface area contributed by atoms with Crippen molar-refractivity contribution in [3.8, 4) is 6.07 Å². The zero-order valence-electron chi connectivity index (χ0n) is 9.64. The molecule has 18 heavy (non-hydrogen) atoms. The number of carbonyl (C=O) groups excluding carboxylic acids is 1. The summed E-state index contributed by atoms with van der Waals surface area (Å²) in [6.07, 6.45) is -0.107. The van der Waals surface area contributed by atoms with Crippen LogP contribution in [0.15, 0.2) is 24.3 Å². The van der Waals surface area contributed by atoms with Gasteiger partial charge in [-0.05, 0) is 17.7 Å². The molecule has 3 N–H and O–H groups in total. The maximum Gasteiger partial charge on any atom is 0.315 e. The van der Waals surface area contributed by atoms with Crippen molar-refractivity contribution in [1.29, 1.82) is 5.26 Å². The summed E-state index contributed by atoms with van der Waals surface area (Å²) in [5.74, 6) is -0.956. The van der Waals surface area contributed by atoms with Crippen molar-refractivity contribution in [3.05, 3.63) is 35.4 Å². The van der Waals surface area contributed by atoms with E-state index in [1.54, 1.807) is 24.3 Å². The van der Waals surface area contributed by atoms with Crippen LogP contribution in [-0.4, -0.2) is 23.7 Å². The van der Waals surface area contributed by atoms with Gasteiger partial charge in [0.15, 0.2) is 0 Å². The molecule has 0 spiro atoms. The number of rotatable bonds is 5. The summed E-state index contributed by atoms with van der Waals surface area (Å²) in [5.41, 5.74) is 1.42. The number of hydrogen-bond acceptors (Lipinski definition) is 3. The number of carboxylic acids is 1. The third-order valence-electron chi connectivity index (χ3n) is 2.16. The van der Waals surface area contributed by atoms with Crippen molar-refractivity contribution in [1.82, 2.24) is 10.6 Å². The highest BCUT2D eigenvalue weighted by atomic mass is 16.4. The molecule has 0 aliphatic heterocycles. The molecule has 1 aromatic carbocycles. The van der Waals surface area contributed by atoms with E-state index in [9.17, 15) is 9.59 Å². The van der Waals surface area contributed by atoms with Gasteiger partial charge in [0.05, 0.1) is 18.1 Å². The Hall–Kier alpha value is -2.55. The van der Waals surface area contributed by atoms with Gasteiger partial charge in [0.25, 0.3) is 0 Å². The molecule has 0 heterocycles. The molecule has 2 amide bonds. The van der Waals surface area contributed by atoms with Crippen molar-refractivity contribution in [2.45, 2.75) is 13.0 Å². The molecule has 0 saturated heterocycles. The minimum Gasteiger partial charge on any atom is -0.481 e. The predicted octanol–water partition coefficient (Wildman–Crippen LogP) is 0.832. The van der Waals surface area contributed by atoms with Gasteiger partial charge < -0.3 is 15.7 Å². The summed E-state index contributed by atoms with van der Waals surface area (Å²) in [4.78, 5) is 21.5. The summed E-state index contributed by atoms with van der Waals surface area (Å²) >= 11 is 0. The normalized spacial score (nSPS) is 9.28. The van der Waals surface area contributed by atoms with Crippen molar-refractivity contribution in [3.63, 3.8) is 0 Å². The van der Waals surface area contributed by atoms with Gasteiger partial charge in [0.1, 0.15) is 0 Å². The summed E-state index contributed by atoms with van der Waals surface area (Å²) < 4.78 is 0. The molecule has 0 saturated carbocycles. The van der Waals surface area contributed by atoms with Gasteiger partial charge in [0.2, 0.25) is 0 Å². The number of urea groups is 1. The lowest BCUT2D eigenvalue weighted by Crippen LogP contribution is -2.36. The zero-order valence-corrected chi connectivity index (χ0v) is 9.64. The highest BCUT2D eigenvalue weighted by molar-refractivity contribution is 5.74. The van der Waals surface area contributed by atoms with Gasteiger partial charge >= 0.3 is 12.0 Å². The average molecular weight is 247 g/mol. The van der Waals surface area contributed by atoms with Crippen LogP contribution in [0.5, 0.6) is 0 Å². The largest absolute Gasteiger partial charge is 0.481 e. The fraction of sp³-hybridized carbons (Fsp3) is 0.250. The zero-order chi connectivity index (χ0) is 13.4. The standard InChI is InChI=1S/C12H13N3O3/c13-7-9-1-3-10(4-2-9)8-15-12(18)14-6-5-11(16)17/h1-4H,5-6,8H2,(H,16,17)(H2,14,15,18). The topological polar surface area (TPSA) is 102 Å². The van der Waals surface area contributed by atoms with Gasteiger partial charge in [-0.2, -0.15) is 5.26 Å². The number of hydrogen-bond donors (Lipinski definition) is 3. The molecule has 0 radical (unpaired) electrons. The third kappa shape index (κ3) is 4.99. The Labute approximate surface area is 104 Å². The lowest BCUT2D eigenvalue weighted by molar-refractivity contribution is -0.136. The minimum absolute atomic E-state index is 0.0918. The molecule has 6 nitrogen and oxygen atoms in total. The lowest BCUT2D eigenvalue weighted by Gasteiger charge is -2.06. The molecule has 0 fully saturated rings. The van der Waals surface area contributed by atoms with E-state index in [-0.39, 0.29) is 13.0 Å². The molecule has 0 atom stereocenters. The van der Waals surface area contributed by atoms with E-state index >= 15 is 0 Å². The number of amides is 2. The van der Waals surface area contributed by atoms with Crippen molar-refractivity contribution in [2.24, 2.45) is 0 Å². The lowest BCUT2D eigenvalue weighted by atomic mass is 10.1. The Balaban J connectivity index is 2.29. The first-order chi connectivity index (χ1) is 8.61. The van der Waals surface area contributed by atoms with E-state index in [1.165, 1.54) is 0 Å². The second kappa shape index (κ2) is 6.91. The Morgan fingerprint density at radius 3 is 2.44 bits per heavy atom.